The van der Waals surface area contributed by atoms with Gasteiger partial charge in [-0.25, -0.2) is 4.79 Å². The van der Waals surface area contributed by atoms with Crippen LogP contribution in [-0.4, -0.2) is 53.8 Å². The van der Waals surface area contributed by atoms with Crippen molar-refractivity contribution in [2.75, 3.05) is 19.7 Å². The number of ether oxygens (including phenoxy) is 1. The maximum atomic E-state index is 12.3. The van der Waals surface area contributed by atoms with E-state index in [-0.39, 0.29) is 24.1 Å². The number of hydrogen-bond donors (Lipinski definition) is 2. The first kappa shape index (κ1) is 16.1. The highest BCUT2D eigenvalue weighted by atomic mass is 16.5. The molecule has 1 atom stereocenters. The summed E-state index contributed by atoms with van der Waals surface area (Å²) in [6, 6.07) is 0.0541. The zero-order valence-corrected chi connectivity index (χ0v) is 12.7. The van der Waals surface area contributed by atoms with Gasteiger partial charge < -0.3 is 20.1 Å². The number of carboxylic acids is 1. The molecule has 0 radical (unpaired) electrons. The number of rotatable bonds is 5. The van der Waals surface area contributed by atoms with Crippen LogP contribution in [0.1, 0.15) is 45.4 Å². The number of amides is 2. The summed E-state index contributed by atoms with van der Waals surface area (Å²) in [6.07, 6.45) is 5.06. The van der Waals surface area contributed by atoms with Crippen LogP contribution in [-0.2, 0) is 9.53 Å². The molecule has 2 amide bonds. The smallest absolute Gasteiger partial charge is 0.317 e. The summed E-state index contributed by atoms with van der Waals surface area (Å²) in [5.41, 5.74) is 0. The molecule has 1 unspecified atom stereocenters. The van der Waals surface area contributed by atoms with Crippen LogP contribution in [0.2, 0.25) is 0 Å². The largest absolute Gasteiger partial charge is 0.481 e. The predicted molar refractivity (Wildman–Crippen MR) is 78.1 cm³/mol. The number of nitrogens with one attached hydrogen (secondary N) is 1. The van der Waals surface area contributed by atoms with E-state index >= 15 is 0 Å². The Hall–Kier alpha value is -1.30. The van der Waals surface area contributed by atoms with Crippen LogP contribution in [0.25, 0.3) is 0 Å². The van der Waals surface area contributed by atoms with Crippen molar-refractivity contribution in [3.63, 3.8) is 0 Å². The van der Waals surface area contributed by atoms with Gasteiger partial charge in [0.15, 0.2) is 0 Å². The fraction of sp³-hybridized carbons (Fsp3) is 0.867. The molecule has 0 aromatic heterocycles. The third-order valence-electron chi connectivity index (χ3n) is 4.52. The Morgan fingerprint density at radius 2 is 1.95 bits per heavy atom. The quantitative estimate of drug-likeness (QED) is 0.811. The van der Waals surface area contributed by atoms with Crippen molar-refractivity contribution in [1.29, 1.82) is 0 Å². The van der Waals surface area contributed by atoms with Gasteiger partial charge in [0.05, 0.1) is 12.0 Å². The fourth-order valence-corrected chi connectivity index (χ4v) is 3.14. The Balaban J connectivity index is 1.75. The number of carbonyl (C=O) groups excluding carboxylic acids is 1. The third kappa shape index (κ3) is 4.59. The minimum absolute atomic E-state index is 0.0493. The number of hydrogen-bond acceptors (Lipinski definition) is 3. The molecule has 1 saturated heterocycles. The predicted octanol–water partition coefficient (Wildman–Crippen LogP) is 1.84. The minimum atomic E-state index is -0.714. The van der Waals surface area contributed by atoms with Gasteiger partial charge in [0.1, 0.15) is 0 Å². The van der Waals surface area contributed by atoms with E-state index in [1.165, 1.54) is 0 Å². The second-order valence-electron chi connectivity index (χ2n) is 6.01. The summed E-state index contributed by atoms with van der Waals surface area (Å²) in [5.74, 6) is -0.958. The molecule has 2 rings (SSSR count). The fourth-order valence-electron chi connectivity index (χ4n) is 3.14. The standard InChI is InChI=1S/C15H26N2O4/c1-2-17(10-13-4-3-9-21-13)15(20)16-12-7-5-11(6-8-12)14(18)19/h11-13H,2-10H2,1H3,(H,16,20)(H,18,19). The Morgan fingerprint density at radius 3 is 2.48 bits per heavy atom. The second kappa shape index (κ2) is 7.64. The third-order valence-corrected chi connectivity index (χ3v) is 4.52. The lowest BCUT2D eigenvalue weighted by atomic mass is 9.86. The van der Waals surface area contributed by atoms with Gasteiger partial charge in [-0.15, -0.1) is 0 Å². The molecule has 0 aromatic rings. The van der Waals surface area contributed by atoms with Crippen LogP contribution in [0.4, 0.5) is 4.79 Å². The first-order chi connectivity index (χ1) is 10.1. The summed E-state index contributed by atoms with van der Waals surface area (Å²) >= 11 is 0. The van der Waals surface area contributed by atoms with E-state index in [1.807, 2.05) is 6.92 Å². The van der Waals surface area contributed by atoms with Gasteiger partial charge in [-0.3, -0.25) is 4.79 Å². The van der Waals surface area contributed by atoms with E-state index in [0.29, 0.717) is 25.9 Å². The summed E-state index contributed by atoms with van der Waals surface area (Å²) < 4.78 is 5.58. The molecular formula is C15H26N2O4. The minimum Gasteiger partial charge on any atom is -0.481 e. The molecule has 1 aliphatic carbocycles. The molecule has 2 aliphatic rings. The highest BCUT2D eigenvalue weighted by molar-refractivity contribution is 5.74. The maximum Gasteiger partial charge on any atom is 0.317 e. The van der Waals surface area contributed by atoms with Crippen molar-refractivity contribution >= 4 is 12.0 Å². The van der Waals surface area contributed by atoms with Crippen molar-refractivity contribution in [3.05, 3.63) is 0 Å². The van der Waals surface area contributed by atoms with Crippen LogP contribution < -0.4 is 5.32 Å². The zero-order valence-electron chi connectivity index (χ0n) is 12.7. The monoisotopic (exact) mass is 298 g/mol. The summed E-state index contributed by atoms with van der Waals surface area (Å²) in [5, 5.41) is 12.0. The van der Waals surface area contributed by atoms with Crippen LogP contribution in [0.3, 0.4) is 0 Å². The van der Waals surface area contributed by atoms with E-state index in [1.54, 1.807) is 4.90 Å². The van der Waals surface area contributed by atoms with Crippen LogP contribution in [0, 0.1) is 5.92 Å². The number of urea groups is 1. The van der Waals surface area contributed by atoms with E-state index in [4.69, 9.17) is 9.84 Å². The molecule has 1 saturated carbocycles. The molecule has 1 heterocycles. The molecular weight excluding hydrogens is 272 g/mol. The zero-order chi connectivity index (χ0) is 15.2. The molecule has 6 nitrogen and oxygen atoms in total. The molecule has 21 heavy (non-hydrogen) atoms. The van der Waals surface area contributed by atoms with Crippen molar-refractivity contribution in [1.82, 2.24) is 10.2 Å². The second-order valence-corrected chi connectivity index (χ2v) is 6.01. The SMILES string of the molecule is CCN(CC1CCCO1)C(=O)NC1CCC(C(=O)O)CC1. The molecule has 2 N–H and O–H groups in total. The van der Waals surface area contributed by atoms with Crippen LogP contribution in [0.15, 0.2) is 0 Å². The van der Waals surface area contributed by atoms with Gasteiger partial charge in [0, 0.05) is 25.7 Å². The van der Waals surface area contributed by atoms with E-state index in [9.17, 15) is 9.59 Å². The maximum absolute atomic E-state index is 12.3. The molecule has 0 bridgehead atoms. The van der Waals surface area contributed by atoms with E-state index in [2.05, 4.69) is 5.32 Å². The number of carboxylic acid groups (broad SMARTS) is 1. The number of aliphatic carboxylic acids is 1. The molecule has 6 heteroatoms. The lowest BCUT2D eigenvalue weighted by Gasteiger charge is -2.30. The molecule has 1 aliphatic heterocycles. The van der Waals surface area contributed by atoms with E-state index < -0.39 is 5.97 Å². The van der Waals surface area contributed by atoms with Crippen molar-refractivity contribution in [3.8, 4) is 0 Å². The number of nitrogens with zero attached hydrogens (tertiary/aromatic N) is 1. The molecule has 0 spiro atoms. The summed E-state index contributed by atoms with van der Waals surface area (Å²) in [7, 11) is 0. The Labute approximate surface area is 125 Å². The van der Waals surface area contributed by atoms with Gasteiger partial charge >= 0.3 is 12.0 Å². The van der Waals surface area contributed by atoms with Crippen molar-refractivity contribution in [2.24, 2.45) is 5.92 Å². The van der Waals surface area contributed by atoms with Gasteiger partial charge in [0.25, 0.3) is 0 Å². The van der Waals surface area contributed by atoms with Crippen molar-refractivity contribution < 1.29 is 19.4 Å². The topological polar surface area (TPSA) is 78.9 Å². The van der Waals surface area contributed by atoms with Gasteiger partial charge in [-0.2, -0.15) is 0 Å². The average molecular weight is 298 g/mol. The highest BCUT2D eigenvalue weighted by Crippen LogP contribution is 2.24. The molecule has 120 valence electrons. The average Bonchev–Trinajstić information content (AvgIpc) is 2.98. The first-order valence-electron chi connectivity index (χ1n) is 8.00. The van der Waals surface area contributed by atoms with Crippen molar-refractivity contribution in [2.45, 2.75) is 57.6 Å². The molecule has 2 fully saturated rings. The Bertz CT molecular complexity index is 361. The normalized spacial score (nSPS) is 29.1. The Morgan fingerprint density at radius 1 is 1.24 bits per heavy atom. The Kier molecular flexibility index (Phi) is 5.85. The van der Waals surface area contributed by atoms with Gasteiger partial charge in [0.2, 0.25) is 0 Å². The van der Waals surface area contributed by atoms with E-state index in [0.717, 1.165) is 32.3 Å². The lowest BCUT2D eigenvalue weighted by Crippen LogP contribution is -2.48. The first-order valence-corrected chi connectivity index (χ1v) is 8.00. The van der Waals surface area contributed by atoms with Crippen LogP contribution in [0.5, 0.6) is 0 Å². The summed E-state index contributed by atoms with van der Waals surface area (Å²) in [6.45, 7) is 4.07. The van der Waals surface area contributed by atoms with Crippen LogP contribution >= 0.6 is 0 Å². The number of carbonyl (C=O) groups is 2. The summed E-state index contributed by atoms with van der Waals surface area (Å²) in [4.78, 5) is 25.0. The highest BCUT2D eigenvalue weighted by Gasteiger charge is 2.28. The van der Waals surface area contributed by atoms with Gasteiger partial charge in [-0.1, -0.05) is 0 Å². The molecule has 0 aromatic carbocycles. The lowest BCUT2D eigenvalue weighted by molar-refractivity contribution is -0.142. The number of likely N-dealkylation sites (N-methyl/N-ethyl adjacent to an activating group) is 1. The van der Waals surface area contributed by atoms with Gasteiger partial charge in [-0.05, 0) is 45.4 Å².